The van der Waals surface area contributed by atoms with Crippen LogP contribution in [0.2, 0.25) is 0 Å². The van der Waals surface area contributed by atoms with Crippen LogP contribution in [0.5, 0.6) is 11.5 Å². The first-order valence-corrected chi connectivity index (χ1v) is 5.77. The summed E-state index contributed by atoms with van der Waals surface area (Å²) in [6, 6.07) is 5.71. The molecule has 0 saturated carbocycles. The van der Waals surface area contributed by atoms with E-state index in [9.17, 15) is 4.79 Å². The van der Waals surface area contributed by atoms with E-state index < -0.39 is 0 Å². The van der Waals surface area contributed by atoms with Crippen LogP contribution in [0.15, 0.2) is 23.8 Å². The molecule has 3 heteroatoms. The first-order chi connectivity index (χ1) is 8.20. The molecule has 0 aromatic heterocycles. The molecule has 1 aromatic rings. The topological polar surface area (TPSA) is 35.5 Å². The summed E-state index contributed by atoms with van der Waals surface area (Å²) in [7, 11) is 0. The highest BCUT2D eigenvalue weighted by Gasteiger charge is 2.11. The molecule has 90 valence electrons. The maximum atomic E-state index is 10.9. The van der Waals surface area contributed by atoms with E-state index in [0.29, 0.717) is 13.2 Å². The monoisotopic (exact) mass is 232 g/mol. The standard InChI is InChI=1S/C14H16O3/c1-10(2)12(9-15)7-11-3-4-13-14(8-11)17-6-5-16-13/h3-4,7-10H,5-6H2,1-2H3/b12-7-. The molecule has 0 radical (unpaired) electrons. The van der Waals surface area contributed by atoms with Gasteiger partial charge in [0.2, 0.25) is 0 Å². The van der Waals surface area contributed by atoms with E-state index >= 15 is 0 Å². The maximum Gasteiger partial charge on any atom is 0.161 e. The highest BCUT2D eigenvalue weighted by atomic mass is 16.6. The molecule has 0 amide bonds. The summed E-state index contributed by atoms with van der Waals surface area (Å²) in [6.45, 7) is 5.16. The zero-order valence-electron chi connectivity index (χ0n) is 10.1. The van der Waals surface area contributed by atoms with Crippen molar-refractivity contribution in [2.45, 2.75) is 13.8 Å². The van der Waals surface area contributed by atoms with Gasteiger partial charge in [-0.25, -0.2) is 0 Å². The Morgan fingerprint density at radius 1 is 1.24 bits per heavy atom. The Labute approximate surface area is 101 Å². The van der Waals surface area contributed by atoms with Crippen LogP contribution in [-0.2, 0) is 4.79 Å². The minimum absolute atomic E-state index is 0.223. The van der Waals surface area contributed by atoms with Gasteiger partial charge in [-0.05, 0) is 35.3 Å². The van der Waals surface area contributed by atoms with Crippen molar-refractivity contribution in [2.75, 3.05) is 13.2 Å². The Kier molecular flexibility index (Phi) is 3.47. The number of rotatable bonds is 3. The number of carbonyl (C=O) groups is 1. The molecular weight excluding hydrogens is 216 g/mol. The van der Waals surface area contributed by atoms with Gasteiger partial charge in [0.15, 0.2) is 11.5 Å². The maximum absolute atomic E-state index is 10.9. The van der Waals surface area contributed by atoms with Crippen molar-refractivity contribution in [3.05, 3.63) is 29.3 Å². The fourth-order valence-corrected chi connectivity index (χ4v) is 1.68. The molecule has 0 N–H and O–H groups in total. The van der Waals surface area contributed by atoms with Crippen LogP contribution < -0.4 is 9.47 Å². The van der Waals surface area contributed by atoms with Gasteiger partial charge in [-0.3, -0.25) is 4.79 Å². The zero-order chi connectivity index (χ0) is 12.3. The predicted molar refractivity (Wildman–Crippen MR) is 66.3 cm³/mol. The number of hydrogen-bond acceptors (Lipinski definition) is 3. The van der Waals surface area contributed by atoms with Crippen molar-refractivity contribution < 1.29 is 14.3 Å². The van der Waals surface area contributed by atoms with Gasteiger partial charge in [-0.1, -0.05) is 19.9 Å². The van der Waals surface area contributed by atoms with E-state index in [2.05, 4.69) is 0 Å². The van der Waals surface area contributed by atoms with E-state index in [1.807, 2.05) is 38.1 Å². The summed E-state index contributed by atoms with van der Waals surface area (Å²) >= 11 is 0. The minimum Gasteiger partial charge on any atom is -0.486 e. The lowest BCUT2D eigenvalue weighted by Gasteiger charge is -2.18. The minimum atomic E-state index is 0.223. The average molecular weight is 232 g/mol. The van der Waals surface area contributed by atoms with Crippen LogP contribution in [0.3, 0.4) is 0 Å². The molecule has 0 bridgehead atoms. The molecule has 0 fully saturated rings. The summed E-state index contributed by atoms with van der Waals surface area (Å²) < 4.78 is 10.9. The summed E-state index contributed by atoms with van der Waals surface area (Å²) in [4.78, 5) is 10.9. The molecule has 2 rings (SSSR count). The Bertz CT molecular complexity index is 447. The fraction of sp³-hybridized carbons (Fsp3) is 0.357. The predicted octanol–water partition coefficient (Wildman–Crippen LogP) is 2.70. The first-order valence-electron chi connectivity index (χ1n) is 5.77. The van der Waals surface area contributed by atoms with Crippen LogP contribution in [0.1, 0.15) is 19.4 Å². The molecule has 0 atom stereocenters. The Morgan fingerprint density at radius 3 is 2.59 bits per heavy atom. The number of ether oxygens (including phenoxy) is 2. The lowest BCUT2D eigenvalue weighted by Crippen LogP contribution is -2.15. The molecule has 1 aliphatic rings. The molecule has 3 nitrogen and oxygen atoms in total. The van der Waals surface area contributed by atoms with E-state index in [0.717, 1.165) is 28.9 Å². The van der Waals surface area contributed by atoms with Crippen molar-refractivity contribution in [2.24, 2.45) is 5.92 Å². The van der Waals surface area contributed by atoms with Gasteiger partial charge in [0, 0.05) is 0 Å². The quantitative estimate of drug-likeness (QED) is 0.593. The van der Waals surface area contributed by atoms with E-state index in [4.69, 9.17) is 9.47 Å². The molecule has 1 aromatic carbocycles. The summed E-state index contributed by atoms with van der Waals surface area (Å²) in [5.41, 5.74) is 1.74. The smallest absolute Gasteiger partial charge is 0.161 e. The first kappa shape index (κ1) is 11.7. The second-order valence-corrected chi connectivity index (χ2v) is 4.32. The summed E-state index contributed by atoms with van der Waals surface area (Å²) in [6.07, 6.45) is 2.79. The molecule has 1 aliphatic heterocycles. The summed E-state index contributed by atoms with van der Waals surface area (Å²) in [5.74, 6) is 1.74. The summed E-state index contributed by atoms with van der Waals surface area (Å²) in [5, 5.41) is 0. The third kappa shape index (κ3) is 2.67. The zero-order valence-corrected chi connectivity index (χ0v) is 10.1. The van der Waals surface area contributed by atoms with Crippen LogP contribution in [0.25, 0.3) is 6.08 Å². The average Bonchev–Trinajstić information content (AvgIpc) is 2.35. The highest BCUT2D eigenvalue weighted by Crippen LogP contribution is 2.31. The van der Waals surface area contributed by atoms with Crippen molar-refractivity contribution in [1.82, 2.24) is 0 Å². The Balaban J connectivity index is 2.30. The lowest BCUT2D eigenvalue weighted by atomic mass is 10.0. The van der Waals surface area contributed by atoms with Gasteiger partial charge in [-0.15, -0.1) is 0 Å². The van der Waals surface area contributed by atoms with Gasteiger partial charge in [0.25, 0.3) is 0 Å². The normalized spacial score (nSPS) is 14.9. The molecule has 0 spiro atoms. The van der Waals surface area contributed by atoms with Gasteiger partial charge in [0.05, 0.1) is 0 Å². The van der Waals surface area contributed by atoms with Crippen LogP contribution in [0, 0.1) is 5.92 Å². The van der Waals surface area contributed by atoms with Crippen LogP contribution >= 0.6 is 0 Å². The van der Waals surface area contributed by atoms with E-state index in [1.54, 1.807) is 0 Å². The molecule has 0 aliphatic carbocycles. The van der Waals surface area contributed by atoms with Gasteiger partial charge < -0.3 is 9.47 Å². The molecule has 0 unspecified atom stereocenters. The number of fused-ring (bicyclic) bond motifs is 1. The molecular formula is C14H16O3. The molecule has 1 heterocycles. The van der Waals surface area contributed by atoms with Crippen molar-refractivity contribution >= 4 is 12.4 Å². The Hall–Kier alpha value is -1.77. The highest BCUT2D eigenvalue weighted by molar-refractivity contribution is 5.82. The van der Waals surface area contributed by atoms with Crippen molar-refractivity contribution in [3.8, 4) is 11.5 Å². The largest absolute Gasteiger partial charge is 0.486 e. The molecule has 0 saturated heterocycles. The van der Waals surface area contributed by atoms with Crippen LogP contribution in [0.4, 0.5) is 0 Å². The van der Waals surface area contributed by atoms with E-state index in [-0.39, 0.29) is 5.92 Å². The van der Waals surface area contributed by atoms with Gasteiger partial charge in [-0.2, -0.15) is 0 Å². The van der Waals surface area contributed by atoms with Crippen LogP contribution in [-0.4, -0.2) is 19.5 Å². The third-order valence-corrected chi connectivity index (χ3v) is 2.70. The third-order valence-electron chi connectivity index (χ3n) is 2.70. The van der Waals surface area contributed by atoms with Gasteiger partial charge in [0.1, 0.15) is 19.5 Å². The van der Waals surface area contributed by atoms with Gasteiger partial charge >= 0.3 is 0 Å². The SMILES string of the molecule is CC(C)/C(C=O)=C\c1ccc2c(c1)OCCO2. The fourth-order valence-electron chi connectivity index (χ4n) is 1.68. The second-order valence-electron chi connectivity index (χ2n) is 4.32. The number of carbonyl (C=O) groups excluding carboxylic acids is 1. The number of benzene rings is 1. The van der Waals surface area contributed by atoms with E-state index in [1.165, 1.54) is 0 Å². The number of allylic oxidation sites excluding steroid dienone is 1. The van der Waals surface area contributed by atoms with Crippen molar-refractivity contribution in [1.29, 1.82) is 0 Å². The second kappa shape index (κ2) is 5.04. The molecule has 17 heavy (non-hydrogen) atoms. The number of hydrogen-bond donors (Lipinski definition) is 0. The Morgan fingerprint density at radius 2 is 1.94 bits per heavy atom. The number of aldehydes is 1. The lowest BCUT2D eigenvalue weighted by molar-refractivity contribution is -0.105. The van der Waals surface area contributed by atoms with Crippen molar-refractivity contribution in [3.63, 3.8) is 0 Å².